The average molecular weight is 178 g/mol. The van der Waals surface area contributed by atoms with E-state index >= 15 is 0 Å². The summed E-state index contributed by atoms with van der Waals surface area (Å²) in [7, 11) is 0. The molecule has 1 aliphatic heterocycles. The Hall–Kier alpha value is -1.51. The summed E-state index contributed by atoms with van der Waals surface area (Å²) in [5, 5.41) is 9.58. The normalized spacial score (nSPS) is 15.0. The highest BCUT2D eigenvalue weighted by molar-refractivity contribution is 6.00. The summed E-state index contributed by atoms with van der Waals surface area (Å²) in [6, 6.07) is 3.42. The van der Waals surface area contributed by atoms with Crippen molar-refractivity contribution in [1.82, 2.24) is 0 Å². The van der Waals surface area contributed by atoms with Crippen LogP contribution < -0.4 is 4.74 Å². The van der Waals surface area contributed by atoms with Gasteiger partial charge in [-0.05, 0) is 18.6 Å². The molecule has 1 aromatic carbocycles. The Bertz CT molecular complexity index is 369. The van der Waals surface area contributed by atoms with Crippen molar-refractivity contribution < 1.29 is 14.6 Å². The summed E-state index contributed by atoms with van der Waals surface area (Å²) in [5.41, 5.74) is 1.22. The van der Waals surface area contributed by atoms with E-state index in [1.807, 2.05) is 0 Å². The lowest BCUT2D eigenvalue weighted by molar-refractivity contribution is 0.0930. The Morgan fingerprint density at radius 2 is 2.23 bits per heavy atom. The zero-order valence-corrected chi connectivity index (χ0v) is 7.33. The molecule has 3 nitrogen and oxygen atoms in total. The SMILES string of the molecule is Cc1ccc2c(c1O)OCCC2=O. The van der Waals surface area contributed by atoms with Gasteiger partial charge in [-0.3, -0.25) is 4.79 Å². The molecule has 0 saturated carbocycles. The van der Waals surface area contributed by atoms with Crippen LogP contribution in [0.3, 0.4) is 0 Å². The van der Waals surface area contributed by atoms with Crippen LogP contribution in [0.25, 0.3) is 0 Å². The molecule has 0 atom stereocenters. The van der Waals surface area contributed by atoms with Crippen LogP contribution in [0.2, 0.25) is 0 Å². The molecular formula is C10H10O3. The predicted molar refractivity (Wildman–Crippen MR) is 47.3 cm³/mol. The molecule has 1 aliphatic rings. The highest BCUT2D eigenvalue weighted by Gasteiger charge is 2.21. The standard InChI is InChI=1S/C10H10O3/c1-6-2-3-7-8(11)4-5-13-10(7)9(6)12/h2-3,12H,4-5H2,1H3. The molecule has 1 heterocycles. The number of hydrogen-bond donors (Lipinski definition) is 1. The fourth-order valence-electron chi connectivity index (χ4n) is 1.42. The van der Waals surface area contributed by atoms with Gasteiger partial charge in [0.1, 0.15) is 0 Å². The topological polar surface area (TPSA) is 46.5 Å². The Morgan fingerprint density at radius 1 is 1.46 bits per heavy atom. The third-order valence-corrected chi connectivity index (χ3v) is 2.21. The Morgan fingerprint density at radius 3 is 3.00 bits per heavy atom. The number of phenols is 1. The number of hydrogen-bond acceptors (Lipinski definition) is 3. The number of benzene rings is 1. The van der Waals surface area contributed by atoms with E-state index in [1.165, 1.54) is 0 Å². The number of carbonyl (C=O) groups excluding carboxylic acids is 1. The van der Waals surface area contributed by atoms with Gasteiger partial charge >= 0.3 is 0 Å². The smallest absolute Gasteiger partial charge is 0.171 e. The van der Waals surface area contributed by atoms with Crippen molar-refractivity contribution >= 4 is 5.78 Å². The maximum Gasteiger partial charge on any atom is 0.171 e. The molecule has 1 N–H and O–H groups in total. The molecular weight excluding hydrogens is 168 g/mol. The van der Waals surface area contributed by atoms with Crippen LogP contribution in [0.1, 0.15) is 22.3 Å². The Balaban J connectivity index is 2.63. The second kappa shape index (κ2) is 2.76. The monoisotopic (exact) mass is 178 g/mol. The van der Waals surface area contributed by atoms with Gasteiger partial charge in [0, 0.05) is 6.42 Å². The van der Waals surface area contributed by atoms with Crippen LogP contribution in [-0.4, -0.2) is 17.5 Å². The molecule has 0 fully saturated rings. The zero-order chi connectivity index (χ0) is 9.42. The minimum Gasteiger partial charge on any atom is -0.504 e. The first-order chi connectivity index (χ1) is 6.20. The van der Waals surface area contributed by atoms with Crippen LogP contribution in [-0.2, 0) is 0 Å². The van der Waals surface area contributed by atoms with Crippen molar-refractivity contribution in [1.29, 1.82) is 0 Å². The molecule has 3 heteroatoms. The van der Waals surface area contributed by atoms with E-state index in [2.05, 4.69) is 0 Å². The van der Waals surface area contributed by atoms with Crippen LogP contribution >= 0.6 is 0 Å². The van der Waals surface area contributed by atoms with E-state index in [1.54, 1.807) is 19.1 Å². The van der Waals surface area contributed by atoms with Crippen LogP contribution in [0, 0.1) is 6.92 Å². The number of carbonyl (C=O) groups is 1. The maximum atomic E-state index is 11.4. The van der Waals surface area contributed by atoms with Gasteiger partial charge in [0.05, 0.1) is 12.2 Å². The predicted octanol–water partition coefficient (Wildman–Crippen LogP) is 1.67. The molecule has 0 unspecified atom stereocenters. The van der Waals surface area contributed by atoms with Gasteiger partial charge in [-0.25, -0.2) is 0 Å². The highest BCUT2D eigenvalue weighted by atomic mass is 16.5. The molecule has 2 rings (SSSR count). The molecule has 0 bridgehead atoms. The molecule has 0 saturated heterocycles. The quantitative estimate of drug-likeness (QED) is 0.657. The average Bonchev–Trinajstić information content (AvgIpc) is 2.12. The minimum atomic E-state index is 0.0385. The van der Waals surface area contributed by atoms with Gasteiger partial charge in [0.2, 0.25) is 0 Å². The van der Waals surface area contributed by atoms with Crippen molar-refractivity contribution in [2.75, 3.05) is 6.61 Å². The fourth-order valence-corrected chi connectivity index (χ4v) is 1.42. The van der Waals surface area contributed by atoms with E-state index in [0.29, 0.717) is 24.3 Å². The molecule has 0 aliphatic carbocycles. The Labute approximate surface area is 76.0 Å². The lowest BCUT2D eigenvalue weighted by atomic mass is 10.0. The van der Waals surface area contributed by atoms with Gasteiger partial charge in [0.15, 0.2) is 17.3 Å². The van der Waals surface area contributed by atoms with Gasteiger partial charge in [-0.1, -0.05) is 6.07 Å². The van der Waals surface area contributed by atoms with Crippen molar-refractivity contribution in [2.45, 2.75) is 13.3 Å². The van der Waals surface area contributed by atoms with E-state index in [4.69, 9.17) is 4.74 Å². The van der Waals surface area contributed by atoms with E-state index in [-0.39, 0.29) is 11.5 Å². The molecule has 1 aromatic rings. The van der Waals surface area contributed by atoms with Crippen molar-refractivity contribution in [3.8, 4) is 11.5 Å². The lowest BCUT2D eigenvalue weighted by Crippen LogP contribution is -2.15. The number of ether oxygens (including phenoxy) is 1. The first-order valence-electron chi connectivity index (χ1n) is 4.18. The van der Waals surface area contributed by atoms with Gasteiger partial charge in [0.25, 0.3) is 0 Å². The highest BCUT2D eigenvalue weighted by Crippen LogP contribution is 2.36. The van der Waals surface area contributed by atoms with E-state index < -0.39 is 0 Å². The third kappa shape index (κ3) is 1.16. The minimum absolute atomic E-state index is 0.0385. The Kier molecular flexibility index (Phi) is 1.72. The van der Waals surface area contributed by atoms with Crippen LogP contribution in [0.5, 0.6) is 11.5 Å². The van der Waals surface area contributed by atoms with Crippen LogP contribution in [0.15, 0.2) is 12.1 Å². The van der Waals surface area contributed by atoms with Crippen molar-refractivity contribution in [3.63, 3.8) is 0 Å². The second-order valence-corrected chi connectivity index (χ2v) is 3.13. The number of Topliss-reactive ketones (excluding diaryl/α,β-unsaturated/α-hetero) is 1. The molecule has 0 spiro atoms. The zero-order valence-electron chi connectivity index (χ0n) is 7.33. The van der Waals surface area contributed by atoms with E-state index in [9.17, 15) is 9.90 Å². The summed E-state index contributed by atoms with van der Waals surface area (Å²) in [6.07, 6.45) is 0.398. The maximum absolute atomic E-state index is 11.4. The second-order valence-electron chi connectivity index (χ2n) is 3.13. The molecule has 68 valence electrons. The summed E-state index contributed by atoms with van der Waals surface area (Å²) >= 11 is 0. The number of aromatic hydroxyl groups is 1. The fraction of sp³-hybridized carbons (Fsp3) is 0.300. The number of phenolic OH excluding ortho intramolecular Hbond substituents is 1. The number of rotatable bonds is 0. The summed E-state index contributed by atoms with van der Waals surface area (Å²) in [4.78, 5) is 11.4. The van der Waals surface area contributed by atoms with Gasteiger partial charge in [-0.2, -0.15) is 0 Å². The van der Waals surface area contributed by atoms with E-state index in [0.717, 1.165) is 5.56 Å². The summed E-state index contributed by atoms with van der Waals surface area (Å²) < 4.78 is 5.23. The lowest BCUT2D eigenvalue weighted by Gasteiger charge is -2.17. The van der Waals surface area contributed by atoms with Crippen LogP contribution in [0.4, 0.5) is 0 Å². The summed E-state index contributed by atoms with van der Waals surface area (Å²) in [5.74, 6) is 0.471. The molecule has 0 aromatic heterocycles. The molecule has 0 radical (unpaired) electrons. The molecule has 13 heavy (non-hydrogen) atoms. The first-order valence-corrected chi connectivity index (χ1v) is 4.18. The largest absolute Gasteiger partial charge is 0.504 e. The number of fused-ring (bicyclic) bond motifs is 1. The van der Waals surface area contributed by atoms with Gasteiger partial charge < -0.3 is 9.84 Å². The molecule has 0 amide bonds. The van der Waals surface area contributed by atoms with Crippen molar-refractivity contribution in [3.05, 3.63) is 23.3 Å². The van der Waals surface area contributed by atoms with Crippen molar-refractivity contribution in [2.24, 2.45) is 0 Å². The third-order valence-electron chi connectivity index (χ3n) is 2.21. The number of ketones is 1. The summed E-state index contributed by atoms with van der Waals surface area (Å²) in [6.45, 7) is 2.14. The first kappa shape index (κ1) is 8.10. The van der Waals surface area contributed by atoms with Gasteiger partial charge in [-0.15, -0.1) is 0 Å². The number of aryl methyl sites for hydroxylation is 1.